The lowest BCUT2D eigenvalue weighted by Gasteiger charge is -2.07. The van der Waals surface area contributed by atoms with E-state index in [2.05, 4.69) is 12.2 Å². The SMILES string of the molecule is CCCc1cc(C(=O)N[C@@H](C)C(=O)O)sc1C. The maximum atomic E-state index is 11.8. The van der Waals surface area contributed by atoms with Crippen LogP contribution in [-0.2, 0) is 11.2 Å². The Morgan fingerprint density at radius 2 is 2.18 bits per heavy atom. The van der Waals surface area contributed by atoms with E-state index in [0.717, 1.165) is 17.7 Å². The maximum absolute atomic E-state index is 11.8. The molecule has 1 atom stereocenters. The average Bonchev–Trinajstić information content (AvgIpc) is 2.61. The van der Waals surface area contributed by atoms with Crippen LogP contribution in [0.4, 0.5) is 0 Å². The number of aryl methyl sites for hydroxylation is 2. The molecule has 94 valence electrons. The third-order valence-electron chi connectivity index (χ3n) is 2.48. The molecule has 1 amide bonds. The van der Waals surface area contributed by atoms with Crippen LogP contribution < -0.4 is 5.32 Å². The molecule has 0 unspecified atom stereocenters. The standard InChI is InChI=1S/C12H17NO3S/c1-4-5-9-6-10(17-8(9)3)11(14)13-7(2)12(15)16/h6-7H,4-5H2,1-3H3,(H,13,14)(H,15,16)/t7-/m0/s1. The van der Waals surface area contributed by atoms with Gasteiger partial charge in [-0.25, -0.2) is 0 Å². The number of amides is 1. The third-order valence-corrected chi connectivity index (χ3v) is 3.57. The summed E-state index contributed by atoms with van der Waals surface area (Å²) >= 11 is 1.41. The zero-order valence-corrected chi connectivity index (χ0v) is 11.1. The first kappa shape index (κ1) is 13.7. The minimum Gasteiger partial charge on any atom is -0.480 e. The van der Waals surface area contributed by atoms with E-state index in [1.54, 1.807) is 0 Å². The molecule has 0 aromatic carbocycles. The molecule has 0 aliphatic rings. The molecule has 0 radical (unpaired) electrons. The minimum absolute atomic E-state index is 0.310. The second-order valence-corrected chi connectivity index (χ2v) is 5.23. The van der Waals surface area contributed by atoms with Crippen LogP contribution in [0.25, 0.3) is 0 Å². The monoisotopic (exact) mass is 255 g/mol. The molecule has 0 fully saturated rings. The van der Waals surface area contributed by atoms with Crippen molar-refractivity contribution in [1.29, 1.82) is 0 Å². The van der Waals surface area contributed by atoms with Crippen LogP contribution in [0.2, 0.25) is 0 Å². The molecule has 1 rings (SSSR count). The lowest BCUT2D eigenvalue weighted by Crippen LogP contribution is -2.37. The molecule has 4 nitrogen and oxygen atoms in total. The first-order valence-electron chi connectivity index (χ1n) is 5.58. The second kappa shape index (κ2) is 5.82. The van der Waals surface area contributed by atoms with Gasteiger partial charge in [-0.15, -0.1) is 11.3 Å². The normalized spacial score (nSPS) is 12.2. The van der Waals surface area contributed by atoms with E-state index in [-0.39, 0.29) is 5.91 Å². The van der Waals surface area contributed by atoms with Crippen molar-refractivity contribution in [3.8, 4) is 0 Å². The van der Waals surface area contributed by atoms with E-state index in [4.69, 9.17) is 5.11 Å². The predicted octanol–water partition coefficient (Wildman–Crippen LogP) is 2.21. The van der Waals surface area contributed by atoms with Gasteiger partial charge in [-0.1, -0.05) is 13.3 Å². The molecule has 5 heteroatoms. The van der Waals surface area contributed by atoms with Crippen molar-refractivity contribution in [2.75, 3.05) is 0 Å². The molecule has 1 aromatic heterocycles. The number of carboxylic acids is 1. The Morgan fingerprint density at radius 1 is 1.53 bits per heavy atom. The summed E-state index contributed by atoms with van der Waals surface area (Å²) in [6, 6.07) is 0.993. The molecule has 1 heterocycles. The van der Waals surface area contributed by atoms with E-state index >= 15 is 0 Å². The summed E-state index contributed by atoms with van der Waals surface area (Å²) in [7, 11) is 0. The van der Waals surface area contributed by atoms with E-state index < -0.39 is 12.0 Å². The van der Waals surface area contributed by atoms with Crippen molar-refractivity contribution in [3.63, 3.8) is 0 Å². The number of thiophene rings is 1. The van der Waals surface area contributed by atoms with Crippen molar-refractivity contribution >= 4 is 23.2 Å². The predicted molar refractivity (Wildman–Crippen MR) is 67.6 cm³/mol. The van der Waals surface area contributed by atoms with Crippen molar-refractivity contribution in [2.45, 2.75) is 39.7 Å². The van der Waals surface area contributed by atoms with Gasteiger partial charge in [0.25, 0.3) is 5.91 Å². The number of hydrogen-bond donors (Lipinski definition) is 2. The van der Waals surface area contributed by atoms with Gasteiger partial charge in [-0.05, 0) is 31.9 Å². The highest BCUT2D eigenvalue weighted by Gasteiger charge is 2.17. The minimum atomic E-state index is -1.03. The number of carbonyl (C=O) groups excluding carboxylic acids is 1. The van der Waals surface area contributed by atoms with Crippen LogP contribution in [0, 0.1) is 6.92 Å². The first-order valence-corrected chi connectivity index (χ1v) is 6.40. The van der Waals surface area contributed by atoms with E-state index in [9.17, 15) is 9.59 Å². The molecule has 2 N–H and O–H groups in total. The van der Waals surface area contributed by atoms with Gasteiger partial charge in [0, 0.05) is 4.88 Å². The van der Waals surface area contributed by atoms with Crippen LogP contribution in [0.1, 0.15) is 40.4 Å². The lowest BCUT2D eigenvalue weighted by molar-refractivity contribution is -0.138. The zero-order valence-electron chi connectivity index (χ0n) is 10.2. The quantitative estimate of drug-likeness (QED) is 0.847. The molecule has 1 aromatic rings. The Morgan fingerprint density at radius 3 is 2.71 bits per heavy atom. The van der Waals surface area contributed by atoms with Crippen molar-refractivity contribution in [3.05, 3.63) is 21.4 Å². The van der Waals surface area contributed by atoms with E-state index in [0.29, 0.717) is 4.88 Å². The van der Waals surface area contributed by atoms with Gasteiger partial charge in [-0.2, -0.15) is 0 Å². The summed E-state index contributed by atoms with van der Waals surface area (Å²) in [5.74, 6) is -1.34. The Kier molecular flexibility index (Phi) is 4.69. The molecule has 0 spiro atoms. The number of nitrogens with one attached hydrogen (secondary N) is 1. The number of carbonyl (C=O) groups is 2. The third kappa shape index (κ3) is 3.56. The largest absolute Gasteiger partial charge is 0.480 e. The summed E-state index contributed by atoms with van der Waals surface area (Å²) in [4.78, 5) is 24.1. The zero-order chi connectivity index (χ0) is 13.0. The molecule has 0 aliphatic heterocycles. The Balaban J connectivity index is 2.76. The number of hydrogen-bond acceptors (Lipinski definition) is 3. The molecule has 0 bridgehead atoms. The Labute approximate surface area is 105 Å². The number of rotatable bonds is 5. The van der Waals surface area contributed by atoms with Gasteiger partial charge in [0.2, 0.25) is 0 Å². The summed E-state index contributed by atoms with van der Waals surface area (Å²) in [5, 5.41) is 11.2. The van der Waals surface area contributed by atoms with Crippen molar-refractivity contribution in [1.82, 2.24) is 5.32 Å². The fraction of sp³-hybridized carbons (Fsp3) is 0.500. The topological polar surface area (TPSA) is 66.4 Å². The maximum Gasteiger partial charge on any atom is 0.325 e. The van der Waals surface area contributed by atoms with Crippen molar-refractivity contribution in [2.24, 2.45) is 0 Å². The number of aliphatic carboxylic acids is 1. The Hall–Kier alpha value is -1.36. The summed E-state index contributed by atoms with van der Waals surface area (Å²) in [5.41, 5.74) is 1.17. The molecular formula is C12H17NO3S. The van der Waals surface area contributed by atoms with E-state index in [1.807, 2.05) is 13.0 Å². The fourth-order valence-electron chi connectivity index (χ4n) is 1.48. The van der Waals surface area contributed by atoms with Gasteiger partial charge in [0.1, 0.15) is 6.04 Å². The molecular weight excluding hydrogens is 238 g/mol. The molecule has 0 aliphatic carbocycles. The van der Waals surface area contributed by atoms with Gasteiger partial charge in [0.05, 0.1) is 4.88 Å². The lowest BCUT2D eigenvalue weighted by atomic mass is 10.1. The highest BCUT2D eigenvalue weighted by molar-refractivity contribution is 7.14. The van der Waals surface area contributed by atoms with Crippen LogP contribution in [0.3, 0.4) is 0 Å². The second-order valence-electron chi connectivity index (χ2n) is 3.98. The summed E-state index contributed by atoms with van der Waals surface area (Å²) < 4.78 is 0. The fourth-order valence-corrected chi connectivity index (χ4v) is 2.45. The van der Waals surface area contributed by atoms with Crippen LogP contribution in [0.5, 0.6) is 0 Å². The summed E-state index contributed by atoms with van der Waals surface area (Å²) in [6.07, 6.45) is 1.98. The first-order chi connectivity index (χ1) is 7.95. The van der Waals surface area contributed by atoms with E-state index in [1.165, 1.54) is 23.8 Å². The van der Waals surface area contributed by atoms with Crippen molar-refractivity contribution < 1.29 is 14.7 Å². The van der Waals surface area contributed by atoms with Gasteiger partial charge in [0.15, 0.2) is 0 Å². The highest BCUT2D eigenvalue weighted by atomic mass is 32.1. The molecule has 0 saturated carbocycles. The number of carboxylic acid groups (broad SMARTS) is 1. The van der Waals surface area contributed by atoms with Crippen LogP contribution >= 0.6 is 11.3 Å². The smallest absolute Gasteiger partial charge is 0.325 e. The van der Waals surface area contributed by atoms with Gasteiger partial charge < -0.3 is 10.4 Å². The van der Waals surface area contributed by atoms with Gasteiger partial charge in [-0.3, -0.25) is 9.59 Å². The average molecular weight is 255 g/mol. The van der Waals surface area contributed by atoms with Crippen LogP contribution in [-0.4, -0.2) is 23.0 Å². The molecule has 0 saturated heterocycles. The Bertz CT molecular complexity index is 425. The van der Waals surface area contributed by atoms with Gasteiger partial charge >= 0.3 is 5.97 Å². The molecule has 17 heavy (non-hydrogen) atoms. The highest BCUT2D eigenvalue weighted by Crippen LogP contribution is 2.22. The van der Waals surface area contributed by atoms with Crippen LogP contribution in [0.15, 0.2) is 6.07 Å². The summed E-state index contributed by atoms with van der Waals surface area (Å²) in [6.45, 7) is 5.52.